The van der Waals surface area contributed by atoms with Crippen molar-refractivity contribution in [2.24, 2.45) is 0 Å². The van der Waals surface area contributed by atoms with Crippen LogP contribution in [0, 0.1) is 0 Å². The summed E-state index contributed by atoms with van der Waals surface area (Å²) in [5.74, 6) is 1.50. The van der Waals surface area contributed by atoms with Gasteiger partial charge >= 0.3 is 6.03 Å². The molecule has 1 aliphatic rings. The first-order chi connectivity index (χ1) is 11.4. The molecule has 0 radical (unpaired) electrons. The molecule has 128 valence electrons. The molecule has 0 unspecified atom stereocenters. The minimum atomic E-state index is -0.204. The van der Waals surface area contributed by atoms with E-state index in [0.717, 1.165) is 17.3 Å². The maximum atomic E-state index is 12.0. The highest BCUT2D eigenvalue weighted by molar-refractivity contribution is 5.73. The van der Waals surface area contributed by atoms with Gasteiger partial charge in [0.25, 0.3) is 0 Å². The molecular formula is C18H25N5O. The van der Waals surface area contributed by atoms with Crippen LogP contribution in [0.2, 0.25) is 0 Å². The average molecular weight is 327 g/mol. The molecule has 2 aromatic rings. The van der Waals surface area contributed by atoms with E-state index in [2.05, 4.69) is 65.8 Å². The van der Waals surface area contributed by atoms with Gasteiger partial charge in [-0.25, -0.2) is 14.5 Å². The third-order valence-electron chi connectivity index (χ3n) is 4.14. The summed E-state index contributed by atoms with van der Waals surface area (Å²) in [7, 11) is 0. The van der Waals surface area contributed by atoms with Gasteiger partial charge in [0.1, 0.15) is 12.2 Å². The summed E-state index contributed by atoms with van der Waals surface area (Å²) in [4.78, 5) is 16.2. The molecule has 3 rings (SSSR count). The van der Waals surface area contributed by atoms with Crippen molar-refractivity contribution in [3.63, 3.8) is 0 Å². The van der Waals surface area contributed by atoms with Crippen molar-refractivity contribution in [1.29, 1.82) is 0 Å². The van der Waals surface area contributed by atoms with E-state index in [9.17, 15) is 4.79 Å². The van der Waals surface area contributed by atoms with Crippen LogP contribution in [-0.4, -0.2) is 20.8 Å². The number of nitrogens with zero attached hydrogens (tertiary/aromatic N) is 3. The van der Waals surface area contributed by atoms with Crippen LogP contribution in [-0.2, 0) is 18.6 Å². The van der Waals surface area contributed by atoms with Gasteiger partial charge in [0.15, 0.2) is 0 Å². The van der Waals surface area contributed by atoms with E-state index in [1.165, 1.54) is 24.7 Å². The summed E-state index contributed by atoms with van der Waals surface area (Å²) in [5, 5.41) is 9.93. The standard InChI is InChI=1S/C18H25N5O/c1-18(2,3)23-16(21-12-22-23)11-20-17(24)19-10-13-4-6-14(7-5-13)15-8-9-15/h4-7,12,15H,8-11H2,1-3H3,(H2,19,20,24). The Hall–Kier alpha value is -2.37. The summed E-state index contributed by atoms with van der Waals surface area (Å²) in [5.41, 5.74) is 2.35. The summed E-state index contributed by atoms with van der Waals surface area (Å²) < 4.78 is 1.82. The van der Waals surface area contributed by atoms with Crippen molar-refractivity contribution in [3.05, 3.63) is 47.5 Å². The zero-order valence-electron chi connectivity index (χ0n) is 14.5. The number of nitrogens with one attached hydrogen (secondary N) is 2. The van der Waals surface area contributed by atoms with Crippen LogP contribution < -0.4 is 10.6 Å². The molecule has 2 amide bonds. The second kappa shape index (κ2) is 6.63. The van der Waals surface area contributed by atoms with Crippen molar-refractivity contribution in [3.8, 4) is 0 Å². The van der Waals surface area contributed by atoms with E-state index < -0.39 is 0 Å². The van der Waals surface area contributed by atoms with Crippen LogP contribution >= 0.6 is 0 Å². The Morgan fingerprint density at radius 1 is 1.17 bits per heavy atom. The van der Waals surface area contributed by atoms with E-state index in [1.54, 1.807) is 0 Å². The van der Waals surface area contributed by atoms with Crippen LogP contribution in [0.25, 0.3) is 0 Å². The van der Waals surface area contributed by atoms with Gasteiger partial charge in [-0.05, 0) is 50.7 Å². The van der Waals surface area contributed by atoms with Crippen molar-refractivity contribution in [1.82, 2.24) is 25.4 Å². The number of carbonyl (C=O) groups excluding carboxylic acids is 1. The van der Waals surface area contributed by atoms with Crippen LogP contribution in [0.3, 0.4) is 0 Å². The second-order valence-electron chi connectivity index (χ2n) is 7.31. The molecule has 1 aromatic carbocycles. The quantitative estimate of drug-likeness (QED) is 0.887. The van der Waals surface area contributed by atoms with Gasteiger partial charge < -0.3 is 10.6 Å². The number of amides is 2. The first kappa shape index (κ1) is 16.5. The monoisotopic (exact) mass is 327 g/mol. The van der Waals surface area contributed by atoms with E-state index in [0.29, 0.717) is 13.1 Å². The Kier molecular flexibility index (Phi) is 4.55. The fourth-order valence-corrected chi connectivity index (χ4v) is 2.67. The molecule has 0 bridgehead atoms. The van der Waals surface area contributed by atoms with Crippen LogP contribution in [0.5, 0.6) is 0 Å². The number of urea groups is 1. The normalized spacial score (nSPS) is 14.5. The lowest BCUT2D eigenvalue weighted by Crippen LogP contribution is -2.36. The maximum absolute atomic E-state index is 12.0. The molecule has 1 aromatic heterocycles. The summed E-state index contributed by atoms with van der Waals surface area (Å²) in [6, 6.07) is 8.30. The van der Waals surface area contributed by atoms with Gasteiger partial charge in [0.05, 0.1) is 12.1 Å². The molecule has 0 aliphatic heterocycles. The lowest BCUT2D eigenvalue weighted by atomic mass is 10.1. The van der Waals surface area contributed by atoms with Gasteiger partial charge in [0, 0.05) is 6.54 Å². The van der Waals surface area contributed by atoms with Crippen LogP contribution in [0.4, 0.5) is 4.79 Å². The third kappa shape index (κ3) is 4.13. The van der Waals surface area contributed by atoms with Crippen molar-refractivity contribution in [2.45, 2.75) is 58.2 Å². The number of hydrogen-bond donors (Lipinski definition) is 2. The van der Waals surface area contributed by atoms with E-state index in [-0.39, 0.29) is 11.6 Å². The molecule has 0 atom stereocenters. The molecule has 1 aliphatic carbocycles. The smallest absolute Gasteiger partial charge is 0.315 e. The predicted molar refractivity (Wildman–Crippen MR) is 92.5 cm³/mol. The molecule has 1 fully saturated rings. The van der Waals surface area contributed by atoms with E-state index in [4.69, 9.17) is 0 Å². The van der Waals surface area contributed by atoms with Gasteiger partial charge in [-0.1, -0.05) is 24.3 Å². The molecule has 2 N–H and O–H groups in total. The molecule has 0 saturated heterocycles. The summed E-state index contributed by atoms with van der Waals surface area (Å²) in [6.45, 7) is 7.02. The fraction of sp³-hybridized carbons (Fsp3) is 0.500. The van der Waals surface area contributed by atoms with Crippen molar-refractivity contribution < 1.29 is 4.79 Å². The molecule has 24 heavy (non-hydrogen) atoms. The van der Waals surface area contributed by atoms with Gasteiger partial charge in [0.2, 0.25) is 0 Å². The molecule has 1 saturated carbocycles. The number of hydrogen-bond acceptors (Lipinski definition) is 3. The highest BCUT2D eigenvalue weighted by atomic mass is 16.2. The predicted octanol–water partition coefficient (Wildman–Crippen LogP) is 2.91. The number of rotatable bonds is 5. The molecule has 6 heteroatoms. The molecule has 1 heterocycles. The Balaban J connectivity index is 1.46. The SMILES string of the molecule is CC(C)(C)n1ncnc1CNC(=O)NCc1ccc(C2CC2)cc1. The number of aromatic nitrogens is 3. The van der Waals surface area contributed by atoms with Gasteiger partial charge in [-0.2, -0.15) is 5.10 Å². The summed E-state index contributed by atoms with van der Waals surface area (Å²) >= 11 is 0. The Morgan fingerprint density at radius 2 is 1.83 bits per heavy atom. The first-order valence-electron chi connectivity index (χ1n) is 8.43. The minimum Gasteiger partial charge on any atom is -0.334 e. The van der Waals surface area contributed by atoms with Gasteiger partial charge in [-0.15, -0.1) is 0 Å². The fourth-order valence-electron chi connectivity index (χ4n) is 2.67. The highest BCUT2D eigenvalue weighted by Crippen LogP contribution is 2.39. The zero-order chi connectivity index (χ0) is 17.2. The minimum absolute atomic E-state index is 0.159. The van der Waals surface area contributed by atoms with Gasteiger partial charge in [-0.3, -0.25) is 0 Å². The largest absolute Gasteiger partial charge is 0.334 e. The van der Waals surface area contributed by atoms with E-state index >= 15 is 0 Å². The second-order valence-corrected chi connectivity index (χ2v) is 7.31. The first-order valence-corrected chi connectivity index (χ1v) is 8.43. The lowest BCUT2D eigenvalue weighted by molar-refractivity contribution is 0.239. The lowest BCUT2D eigenvalue weighted by Gasteiger charge is -2.21. The average Bonchev–Trinajstić information content (AvgIpc) is 3.27. The molecular weight excluding hydrogens is 302 g/mol. The number of benzene rings is 1. The topological polar surface area (TPSA) is 71.8 Å². The number of carbonyl (C=O) groups is 1. The summed E-state index contributed by atoms with van der Waals surface area (Å²) in [6.07, 6.45) is 4.12. The third-order valence-corrected chi connectivity index (χ3v) is 4.14. The van der Waals surface area contributed by atoms with Crippen LogP contribution in [0.15, 0.2) is 30.6 Å². The van der Waals surface area contributed by atoms with E-state index in [1.807, 2.05) is 4.68 Å². The Bertz CT molecular complexity index is 695. The maximum Gasteiger partial charge on any atom is 0.315 e. The van der Waals surface area contributed by atoms with Crippen LogP contribution in [0.1, 0.15) is 56.5 Å². The highest BCUT2D eigenvalue weighted by Gasteiger charge is 2.23. The molecule has 6 nitrogen and oxygen atoms in total. The molecule has 0 spiro atoms. The van der Waals surface area contributed by atoms with Crippen molar-refractivity contribution >= 4 is 6.03 Å². The Labute approximate surface area is 142 Å². The zero-order valence-corrected chi connectivity index (χ0v) is 14.5. The van der Waals surface area contributed by atoms with Crippen molar-refractivity contribution in [2.75, 3.05) is 0 Å². The Morgan fingerprint density at radius 3 is 2.46 bits per heavy atom.